The number of hydrogen-bond acceptors (Lipinski definition) is 4. The third kappa shape index (κ3) is 6.54. The first-order valence-corrected chi connectivity index (χ1v) is 4.19. The second kappa shape index (κ2) is 8.93. The molecule has 4 heteroatoms. The molecule has 1 N–H and O–H groups in total. The largest absolute Gasteiger partial charge is 0.375 e. The minimum Gasteiger partial charge on any atom is -0.375 e. The molecule has 0 spiro atoms. The molecule has 0 aliphatic rings. The lowest BCUT2D eigenvalue weighted by molar-refractivity contribution is -0.139. The summed E-state index contributed by atoms with van der Waals surface area (Å²) < 4.78 is 15.1. The Balaban J connectivity index is 3.06. The molecule has 4 nitrogen and oxygen atoms in total. The molecule has 0 saturated carbocycles. The van der Waals surface area contributed by atoms with Crippen LogP contribution in [0.15, 0.2) is 0 Å². The average Bonchev–Trinajstić information content (AvgIpc) is 2.11. The van der Waals surface area contributed by atoms with Crippen molar-refractivity contribution < 1.29 is 14.2 Å². The Labute approximate surface area is 74.2 Å². The molecule has 0 aromatic heterocycles. The van der Waals surface area contributed by atoms with E-state index >= 15 is 0 Å². The van der Waals surface area contributed by atoms with Gasteiger partial charge in [-0.15, -0.1) is 0 Å². The van der Waals surface area contributed by atoms with Gasteiger partial charge in [-0.05, 0) is 6.54 Å². The highest BCUT2D eigenvalue weighted by molar-refractivity contribution is 4.42. The van der Waals surface area contributed by atoms with E-state index in [9.17, 15) is 0 Å². The van der Waals surface area contributed by atoms with Gasteiger partial charge >= 0.3 is 0 Å². The SMILES string of the molecule is CCNCCOCC(OC)OC. The summed E-state index contributed by atoms with van der Waals surface area (Å²) in [5.41, 5.74) is 0. The van der Waals surface area contributed by atoms with Crippen molar-refractivity contribution >= 4 is 0 Å². The van der Waals surface area contributed by atoms with Crippen molar-refractivity contribution in [1.29, 1.82) is 0 Å². The first-order chi connectivity index (χ1) is 5.85. The molecule has 0 radical (unpaired) electrons. The maximum absolute atomic E-state index is 5.27. The zero-order chi connectivity index (χ0) is 9.23. The molecule has 0 aromatic rings. The van der Waals surface area contributed by atoms with Crippen molar-refractivity contribution in [3.05, 3.63) is 0 Å². The van der Waals surface area contributed by atoms with Gasteiger partial charge in [0.05, 0.1) is 13.2 Å². The Morgan fingerprint density at radius 1 is 1.25 bits per heavy atom. The summed E-state index contributed by atoms with van der Waals surface area (Å²) in [5, 5.41) is 3.15. The maximum Gasteiger partial charge on any atom is 0.180 e. The van der Waals surface area contributed by atoms with Crippen LogP contribution in [-0.4, -0.2) is 46.8 Å². The zero-order valence-electron chi connectivity index (χ0n) is 8.13. The summed E-state index contributed by atoms with van der Waals surface area (Å²) in [4.78, 5) is 0. The molecular formula is C8H19NO3. The Kier molecular flexibility index (Phi) is 8.81. The molecule has 0 heterocycles. The molecule has 0 fully saturated rings. The van der Waals surface area contributed by atoms with Gasteiger partial charge in [0.1, 0.15) is 0 Å². The highest BCUT2D eigenvalue weighted by Crippen LogP contribution is 1.90. The number of ether oxygens (including phenoxy) is 3. The Morgan fingerprint density at radius 2 is 1.92 bits per heavy atom. The van der Waals surface area contributed by atoms with Crippen molar-refractivity contribution in [3.8, 4) is 0 Å². The minimum absolute atomic E-state index is 0.244. The predicted octanol–water partition coefficient (Wildman–Crippen LogP) is 0.231. The Morgan fingerprint density at radius 3 is 2.42 bits per heavy atom. The van der Waals surface area contributed by atoms with E-state index in [1.165, 1.54) is 0 Å². The van der Waals surface area contributed by atoms with Crippen LogP contribution in [0.2, 0.25) is 0 Å². The highest BCUT2D eigenvalue weighted by atomic mass is 16.7. The topological polar surface area (TPSA) is 39.7 Å². The van der Waals surface area contributed by atoms with Gasteiger partial charge in [0.25, 0.3) is 0 Å². The lowest BCUT2D eigenvalue weighted by Gasteiger charge is -2.13. The van der Waals surface area contributed by atoms with Crippen LogP contribution in [0.25, 0.3) is 0 Å². The highest BCUT2D eigenvalue weighted by Gasteiger charge is 2.03. The summed E-state index contributed by atoms with van der Waals surface area (Å²) in [5.74, 6) is 0. The summed E-state index contributed by atoms with van der Waals surface area (Å²) in [6, 6.07) is 0. The predicted molar refractivity (Wildman–Crippen MR) is 47.2 cm³/mol. The molecule has 12 heavy (non-hydrogen) atoms. The summed E-state index contributed by atoms with van der Waals surface area (Å²) in [7, 11) is 3.20. The van der Waals surface area contributed by atoms with Crippen molar-refractivity contribution in [2.45, 2.75) is 13.2 Å². The number of nitrogens with one attached hydrogen (secondary N) is 1. The fraction of sp³-hybridized carbons (Fsp3) is 1.00. The molecule has 0 saturated heterocycles. The van der Waals surface area contributed by atoms with Gasteiger partial charge in [0, 0.05) is 20.8 Å². The molecule has 0 amide bonds. The van der Waals surface area contributed by atoms with Crippen LogP contribution in [-0.2, 0) is 14.2 Å². The van der Waals surface area contributed by atoms with Crippen molar-refractivity contribution in [1.82, 2.24) is 5.32 Å². The third-order valence-corrected chi connectivity index (χ3v) is 1.45. The van der Waals surface area contributed by atoms with Crippen molar-refractivity contribution in [3.63, 3.8) is 0 Å². The molecule has 0 aliphatic carbocycles. The summed E-state index contributed by atoms with van der Waals surface area (Å²) in [6.07, 6.45) is -0.244. The van der Waals surface area contributed by atoms with Gasteiger partial charge in [-0.2, -0.15) is 0 Å². The van der Waals surface area contributed by atoms with Crippen molar-refractivity contribution in [2.75, 3.05) is 40.5 Å². The monoisotopic (exact) mass is 177 g/mol. The summed E-state index contributed by atoms with van der Waals surface area (Å²) >= 11 is 0. The van der Waals surface area contributed by atoms with Gasteiger partial charge in [-0.1, -0.05) is 6.92 Å². The van der Waals surface area contributed by atoms with Gasteiger partial charge < -0.3 is 19.5 Å². The second-order valence-corrected chi connectivity index (χ2v) is 2.33. The normalized spacial score (nSPS) is 11.0. The Bertz CT molecular complexity index is 86.4. The molecule has 74 valence electrons. The number of likely N-dealkylation sites (N-methyl/N-ethyl adjacent to an activating group) is 1. The van der Waals surface area contributed by atoms with Crippen LogP contribution in [0.5, 0.6) is 0 Å². The van der Waals surface area contributed by atoms with Crippen LogP contribution >= 0.6 is 0 Å². The van der Waals surface area contributed by atoms with Crippen LogP contribution in [0.1, 0.15) is 6.92 Å². The second-order valence-electron chi connectivity index (χ2n) is 2.33. The van der Waals surface area contributed by atoms with Crippen molar-refractivity contribution in [2.24, 2.45) is 0 Å². The van der Waals surface area contributed by atoms with Gasteiger partial charge in [0.2, 0.25) is 0 Å². The van der Waals surface area contributed by atoms with Crippen LogP contribution in [0, 0.1) is 0 Å². The van der Waals surface area contributed by atoms with E-state index in [1.807, 2.05) is 0 Å². The fourth-order valence-corrected chi connectivity index (χ4v) is 0.733. The molecule has 0 unspecified atom stereocenters. The minimum atomic E-state index is -0.244. The first kappa shape index (κ1) is 11.8. The quantitative estimate of drug-likeness (QED) is 0.425. The first-order valence-electron chi connectivity index (χ1n) is 4.19. The Hall–Kier alpha value is -0.160. The molecular weight excluding hydrogens is 158 g/mol. The number of methoxy groups -OCH3 is 2. The molecule has 0 bridgehead atoms. The van der Waals surface area contributed by atoms with Gasteiger partial charge in [0.15, 0.2) is 6.29 Å². The molecule has 0 atom stereocenters. The fourth-order valence-electron chi connectivity index (χ4n) is 0.733. The van der Waals surface area contributed by atoms with Crippen LogP contribution < -0.4 is 5.32 Å². The van der Waals surface area contributed by atoms with E-state index in [4.69, 9.17) is 14.2 Å². The average molecular weight is 177 g/mol. The lowest BCUT2D eigenvalue weighted by Crippen LogP contribution is -2.24. The van der Waals surface area contributed by atoms with E-state index in [0.717, 1.165) is 13.1 Å². The van der Waals surface area contributed by atoms with E-state index in [-0.39, 0.29) is 6.29 Å². The maximum atomic E-state index is 5.27. The van der Waals surface area contributed by atoms with E-state index in [2.05, 4.69) is 12.2 Å². The molecule has 0 rings (SSSR count). The number of rotatable bonds is 8. The van der Waals surface area contributed by atoms with Gasteiger partial charge in [-0.3, -0.25) is 0 Å². The van der Waals surface area contributed by atoms with E-state index < -0.39 is 0 Å². The number of hydrogen-bond donors (Lipinski definition) is 1. The molecule has 0 aliphatic heterocycles. The van der Waals surface area contributed by atoms with Crippen LogP contribution in [0.4, 0.5) is 0 Å². The van der Waals surface area contributed by atoms with Gasteiger partial charge in [-0.25, -0.2) is 0 Å². The van der Waals surface area contributed by atoms with E-state index in [1.54, 1.807) is 14.2 Å². The lowest BCUT2D eigenvalue weighted by atomic mass is 10.6. The van der Waals surface area contributed by atoms with E-state index in [0.29, 0.717) is 13.2 Å². The molecule has 0 aromatic carbocycles. The smallest absolute Gasteiger partial charge is 0.180 e. The third-order valence-electron chi connectivity index (χ3n) is 1.45. The zero-order valence-corrected chi connectivity index (χ0v) is 8.13. The summed E-state index contributed by atoms with van der Waals surface area (Å²) in [6.45, 7) is 5.08. The standard InChI is InChI=1S/C8H19NO3/c1-4-9-5-6-12-7-8(10-2)11-3/h8-9H,4-7H2,1-3H3. The van der Waals surface area contributed by atoms with Crippen LogP contribution in [0.3, 0.4) is 0 Å².